The van der Waals surface area contributed by atoms with Crippen LogP contribution in [0, 0.1) is 11.2 Å². The largest absolute Gasteiger partial charge is 0.469 e. The van der Waals surface area contributed by atoms with E-state index in [1.54, 1.807) is 12.1 Å². The number of anilines is 1. The molecule has 26 heavy (non-hydrogen) atoms. The van der Waals surface area contributed by atoms with Crippen LogP contribution in [0.2, 0.25) is 0 Å². The van der Waals surface area contributed by atoms with Crippen molar-refractivity contribution in [3.8, 4) is 0 Å². The lowest BCUT2D eigenvalue weighted by Gasteiger charge is -2.35. The number of carbonyl (C=O) groups excluding carboxylic acids is 1. The van der Waals surface area contributed by atoms with E-state index in [-0.39, 0.29) is 17.2 Å². The van der Waals surface area contributed by atoms with Crippen LogP contribution < -0.4 is 5.32 Å². The molecule has 2 aliphatic carbocycles. The van der Waals surface area contributed by atoms with Crippen LogP contribution in [0.4, 0.5) is 10.1 Å². The van der Waals surface area contributed by atoms with Crippen molar-refractivity contribution < 1.29 is 13.9 Å². The van der Waals surface area contributed by atoms with Gasteiger partial charge in [-0.15, -0.1) is 0 Å². The monoisotopic (exact) mass is 357 g/mol. The highest BCUT2D eigenvalue weighted by atomic mass is 19.1. The number of ether oxygens (including phenoxy) is 1. The molecule has 0 radical (unpaired) electrons. The van der Waals surface area contributed by atoms with E-state index < -0.39 is 0 Å². The van der Waals surface area contributed by atoms with Crippen LogP contribution in [-0.4, -0.2) is 13.1 Å². The number of benzene rings is 1. The van der Waals surface area contributed by atoms with Crippen LogP contribution in [0.5, 0.6) is 0 Å². The molecule has 140 valence electrons. The molecule has 1 N–H and O–H groups in total. The summed E-state index contributed by atoms with van der Waals surface area (Å²) in [6, 6.07) is 6.36. The number of hydrogen-bond donors (Lipinski definition) is 1. The molecule has 0 aromatic heterocycles. The highest BCUT2D eigenvalue weighted by molar-refractivity contribution is 5.74. The fraction of sp³-hybridized carbons (Fsp3) is 0.409. The van der Waals surface area contributed by atoms with E-state index in [9.17, 15) is 9.18 Å². The maximum Gasteiger partial charge on any atom is 0.309 e. The Labute approximate surface area is 155 Å². The van der Waals surface area contributed by atoms with Crippen molar-refractivity contribution >= 4 is 11.7 Å². The topological polar surface area (TPSA) is 38.3 Å². The minimum absolute atomic E-state index is 0.105. The molecular weight excluding hydrogens is 329 g/mol. The van der Waals surface area contributed by atoms with E-state index in [2.05, 4.69) is 31.3 Å². The average Bonchev–Trinajstić information content (AvgIpc) is 2.94. The molecule has 1 aromatic rings. The average molecular weight is 357 g/mol. The van der Waals surface area contributed by atoms with Gasteiger partial charge in [-0.2, -0.15) is 0 Å². The maximum atomic E-state index is 13.0. The summed E-state index contributed by atoms with van der Waals surface area (Å²) in [5, 5.41) is 3.38. The van der Waals surface area contributed by atoms with Crippen LogP contribution in [-0.2, 0) is 9.53 Å². The molecular formula is C22H28FNO2. The van der Waals surface area contributed by atoms with E-state index in [1.807, 2.05) is 13.8 Å². The number of fused-ring (bicyclic) bond motifs is 1. The third-order valence-corrected chi connectivity index (χ3v) is 5.07. The molecule has 0 saturated carbocycles. The number of rotatable bonds is 4. The van der Waals surface area contributed by atoms with Crippen LogP contribution in [0.3, 0.4) is 0 Å². The van der Waals surface area contributed by atoms with Crippen molar-refractivity contribution in [1.29, 1.82) is 0 Å². The first-order valence-electron chi connectivity index (χ1n) is 9.12. The maximum absolute atomic E-state index is 13.0. The van der Waals surface area contributed by atoms with Gasteiger partial charge in [0.2, 0.25) is 0 Å². The first-order chi connectivity index (χ1) is 12.4. The molecule has 0 amide bonds. The minimum Gasteiger partial charge on any atom is -0.469 e. The smallest absolute Gasteiger partial charge is 0.309 e. The number of methoxy groups -OCH3 is 1. The molecule has 0 aliphatic heterocycles. The first-order valence-corrected chi connectivity index (χ1v) is 9.12. The predicted octanol–water partition coefficient (Wildman–Crippen LogP) is 5.77. The normalized spacial score (nSPS) is 21.2. The quantitative estimate of drug-likeness (QED) is 0.549. The number of carbonyl (C=O) groups is 1. The van der Waals surface area contributed by atoms with Gasteiger partial charge < -0.3 is 10.1 Å². The van der Waals surface area contributed by atoms with Crippen LogP contribution in [0.25, 0.3) is 0 Å². The SMILES string of the molecule is CC.COC(=O)CC1=CCC2=CC(Nc3ccc(F)cc3)=C(C)CC21C. The Morgan fingerprint density at radius 1 is 1.27 bits per heavy atom. The number of esters is 1. The summed E-state index contributed by atoms with van der Waals surface area (Å²) >= 11 is 0. The second-order valence-corrected chi connectivity index (χ2v) is 6.69. The van der Waals surface area contributed by atoms with Gasteiger partial charge >= 0.3 is 5.97 Å². The zero-order valence-corrected chi connectivity index (χ0v) is 16.3. The Bertz CT molecular complexity index is 759. The van der Waals surface area contributed by atoms with Gasteiger partial charge in [0.05, 0.1) is 13.5 Å². The summed E-state index contributed by atoms with van der Waals surface area (Å²) in [6.45, 7) is 8.29. The van der Waals surface area contributed by atoms with Gasteiger partial charge in [-0.05, 0) is 55.7 Å². The van der Waals surface area contributed by atoms with Crippen molar-refractivity contribution in [2.45, 2.75) is 47.0 Å². The lowest BCUT2D eigenvalue weighted by atomic mass is 9.70. The van der Waals surface area contributed by atoms with Crippen LogP contribution in [0.1, 0.15) is 47.0 Å². The molecule has 1 aromatic carbocycles. The second-order valence-electron chi connectivity index (χ2n) is 6.69. The highest BCUT2D eigenvalue weighted by Crippen LogP contribution is 2.52. The molecule has 0 bridgehead atoms. The number of hydrogen-bond acceptors (Lipinski definition) is 3. The second kappa shape index (κ2) is 8.35. The Morgan fingerprint density at radius 2 is 1.92 bits per heavy atom. The number of nitrogens with one attached hydrogen (secondary N) is 1. The fourth-order valence-corrected chi connectivity index (χ4v) is 3.58. The van der Waals surface area contributed by atoms with Crippen molar-refractivity contribution in [1.82, 2.24) is 0 Å². The first kappa shape index (κ1) is 20.0. The third kappa shape index (κ3) is 4.06. The molecule has 3 nitrogen and oxygen atoms in total. The summed E-state index contributed by atoms with van der Waals surface area (Å²) in [7, 11) is 1.42. The molecule has 2 aliphatic rings. The van der Waals surface area contributed by atoms with Crippen molar-refractivity contribution in [2.75, 3.05) is 12.4 Å². The molecule has 1 unspecified atom stereocenters. The number of allylic oxidation sites excluding steroid dienone is 4. The Hall–Kier alpha value is -2.36. The lowest BCUT2D eigenvalue weighted by molar-refractivity contribution is -0.140. The molecule has 1 atom stereocenters. The molecule has 0 spiro atoms. The Morgan fingerprint density at radius 3 is 2.54 bits per heavy atom. The molecule has 3 rings (SSSR count). The van der Waals surface area contributed by atoms with Crippen molar-refractivity contribution in [2.24, 2.45) is 5.41 Å². The molecule has 4 heteroatoms. The van der Waals surface area contributed by atoms with Crippen LogP contribution in [0.15, 0.2) is 58.8 Å². The lowest BCUT2D eigenvalue weighted by Crippen LogP contribution is -2.25. The van der Waals surface area contributed by atoms with E-state index in [1.165, 1.54) is 30.4 Å². The van der Waals surface area contributed by atoms with E-state index in [4.69, 9.17) is 4.74 Å². The summed E-state index contributed by atoms with van der Waals surface area (Å²) < 4.78 is 17.9. The van der Waals surface area contributed by atoms with Gasteiger partial charge in [-0.3, -0.25) is 4.79 Å². The van der Waals surface area contributed by atoms with Gasteiger partial charge in [0.15, 0.2) is 0 Å². The molecule has 0 fully saturated rings. The summed E-state index contributed by atoms with van der Waals surface area (Å²) in [5.74, 6) is -0.436. The van der Waals surface area contributed by atoms with Gasteiger partial charge in [-0.25, -0.2) is 4.39 Å². The minimum atomic E-state index is -0.242. The predicted molar refractivity (Wildman–Crippen MR) is 104 cm³/mol. The zero-order valence-electron chi connectivity index (χ0n) is 16.3. The molecule has 0 heterocycles. The third-order valence-electron chi connectivity index (χ3n) is 5.07. The van der Waals surface area contributed by atoms with Gasteiger partial charge in [0, 0.05) is 16.8 Å². The summed E-state index contributed by atoms with van der Waals surface area (Å²) in [6.07, 6.45) is 6.38. The van der Waals surface area contributed by atoms with Crippen LogP contribution >= 0.6 is 0 Å². The van der Waals surface area contributed by atoms with Crippen molar-refractivity contribution in [3.05, 3.63) is 64.7 Å². The van der Waals surface area contributed by atoms with Gasteiger partial charge in [-0.1, -0.05) is 38.0 Å². The van der Waals surface area contributed by atoms with Gasteiger partial charge in [0.1, 0.15) is 5.82 Å². The zero-order chi connectivity index (χ0) is 19.3. The number of halogens is 1. The highest BCUT2D eigenvalue weighted by Gasteiger charge is 2.40. The van der Waals surface area contributed by atoms with E-state index >= 15 is 0 Å². The molecule has 0 saturated heterocycles. The van der Waals surface area contributed by atoms with E-state index in [0.717, 1.165) is 29.8 Å². The van der Waals surface area contributed by atoms with E-state index in [0.29, 0.717) is 6.42 Å². The van der Waals surface area contributed by atoms with Crippen molar-refractivity contribution in [3.63, 3.8) is 0 Å². The summed E-state index contributed by atoms with van der Waals surface area (Å²) in [4.78, 5) is 11.7. The Balaban J connectivity index is 0.00000117. The Kier molecular flexibility index (Phi) is 6.41. The standard InChI is InChI=1S/C20H22FNO2.C2H6/c1-13-12-20(2)14(4-5-15(20)11-19(23)24-3)10-18(13)22-17-8-6-16(21)7-9-17;1-2/h5-10,22H,4,11-12H2,1-3H3;1-2H3. The van der Waals surface area contributed by atoms with Gasteiger partial charge in [0.25, 0.3) is 0 Å². The fourth-order valence-electron chi connectivity index (χ4n) is 3.58. The summed E-state index contributed by atoms with van der Waals surface area (Å²) in [5.41, 5.74) is 5.49.